The number of aliphatic carboxylic acids is 1. The molecule has 0 atom stereocenters. The molecule has 3 rings (SSSR count). The zero-order chi connectivity index (χ0) is 21.8. The lowest BCUT2D eigenvalue weighted by Crippen LogP contribution is -2.38. The molecule has 0 unspecified atom stereocenters. The van der Waals surface area contributed by atoms with Gasteiger partial charge in [0.25, 0.3) is 5.91 Å². The number of hydrogen-bond donors (Lipinski definition) is 3. The summed E-state index contributed by atoms with van der Waals surface area (Å²) < 4.78 is 0. The lowest BCUT2D eigenvalue weighted by atomic mass is 10.1. The molecular formula is C22H20N4O4. The predicted molar refractivity (Wildman–Crippen MR) is 111 cm³/mol. The Morgan fingerprint density at radius 1 is 1.13 bits per heavy atom. The Kier molecular flexibility index (Phi) is 5.83. The van der Waals surface area contributed by atoms with Gasteiger partial charge in [-0.05, 0) is 30.3 Å². The number of nitrogens with zero attached hydrogens (tertiary/aromatic N) is 2. The van der Waals surface area contributed by atoms with Crippen molar-refractivity contribution in [3.63, 3.8) is 0 Å². The summed E-state index contributed by atoms with van der Waals surface area (Å²) in [5.74, 6) is 4.22. The molecule has 8 nitrogen and oxygen atoms in total. The summed E-state index contributed by atoms with van der Waals surface area (Å²) in [4.78, 5) is 38.9. The second-order valence-corrected chi connectivity index (χ2v) is 6.80. The van der Waals surface area contributed by atoms with E-state index in [9.17, 15) is 14.4 Å². The number of rotatable bonds is 4. The SMILES string of the molecule is CN1C(=O)CN(CCC(=O)O)C(=O)c2cc(C#Cc3ccc(C(=N)N)cc3)ccc21. The number of benzene rings is 2. The van der Waals surface area contributed by atoms with E-state index in [0.29, 0.717) is 22.4 Å². The number of nitrogens with two attached hydrogens (primary N) is 1. The molecule has 1 heterocycles. The van der Waals surface area contributed by atoms with Crippen molar-refractivity contribution in [1.29, 1.82) is 5.41 Å². The van der Waals surface area contributed by atoms with Gasteiger partial charge in [0.15, 0.2) is 0 Å². The third kappa shape index (κ3) is 4.47. The van der Waals surface area contributed by atoms with Crippen LogP contribution in [0.15, 0.2) is 42.5 Å². The van der Waals surface area contributed by atoms with E-state index in [-0.39, 0.29) is 31.3 Å². The second-order valence-electron chi connectivity index (χ2n) is 6.80. The molecule has 152 valence electrons. The van der Waals surface area contributed by atoms with Crippen LogP contribution in [0, 0.1) is 17.3 Å². The molecule has 0 saturated heterocycles. The van der Waals surface area contributed by atoms with Gasteiger partial charge in [-0.2, -0.15) is 0 Å². The van der Waals surface area contributed by atoms with E-state index in [1.165, 1.54) is 9.80 Å². The smallest absolute Gasteiger partial charge is 0.305 e. The molecule has 2 aromatic rings. The zero-order valence-corrected chi connectivity index (χ0v) is 16.3. The van der Waals surface area contributed by atoms with Gasteiger partial charge in [0.2, 0.25) is 5.91 Å². The van der Waals surface area contributed by atoms with Crippen LogP contribution in [0.3, 0.4) is 0 Å². The maximum absolute atomic E-state index is 12.9. The van der Waals surface area contributed by atoms with E-state index in [2.05, 4.69) is 11.8 Å². The summed E-state index contributed by atoms with van der Waals surface area (Å²) in [6.07, 6.45) is -0.242. The van der Waals surface area contributed by atoms with Crippen molar-refractivity contribution in [3.05, 3.63) is 64.7 Å². The van der Waals surface area contributed by atoms with Crippen LogP contribution in [-0.4, -0.2) is 53.8 Å². The number of amidine groups is 1. The molecule has 30 heavy (non-hydrogen) atoms. The third-order valence-corrected chi connectivity index (χ3v) is 4.72. The number of carbonyl (C=O) groups is 3. The van der Waals surface area contributed by atoms with E-state index in [4.69, 9.17) is 16.2 Å². The minimum Gasteiger partial charge on any atom is -0.481 e. The number of nitrogen functional groups attached to an aromatic ring is 1. The van der Waals surface area contributed by atoms with Crippen molar-refractivity contribution in [1.82, 2.24) is 4.90 Å². The highest BCUT2D eigenvalue weighted by atomic mass is 16.4. The first-order valence-corrected chi connectivity index (χ1v) is 9.14. The van der Waals surface area contributed by atoms with Crippen LogP contribution < -0.4 is 10.6 Å². The number of hydrogen-bond acceptors (Lipinski definition) is 4. The standard InChI is InChI=1S/C22H20N4O4/c1-25-18-9-6-15(3-2-14-4-7-16(8-5-14)21(23)24)12-17(18)22(30)26(13-19(25)27)11-10-20(28)29/h4-9,12H,10-11,13H2,1H3,(H3,23,24)(H,28,29). The van der Waals surface area contributed by atoms with Crippen molar-refractivity contribution in [2.75, 3.05) is 25.0 Å². The summed E-state index contributed by atoms with van der Waals surface area (Å²) in [7, 11) is 1.58. The quantitative estimate of drug-likeness (QED) is 0.402. The average molecular weight is 404 g/mol. The first-order valence-electron chi connectivity index (χ1n) is 9.14. The van der Waals surface area contributed by atoms with Gasteiger partial charge in [-0.25, -0.2) is 0 Å². The van der Waals surface area contributed by atoms with Crippen molar-refractivity contribution in [2.45, 2.75) is 6.42 Å². The number of nitrogens with one attached hydrogen (secondary N) is 1. The highest BCUT2D eigenvalue weighted by molar-refractivity contribution is 6.09. The molecule has 2 amide bonds. The van der Waals surface area contributed by atoms with Crippen LogP contribution in [0.2, 0.25) is 0 Å². The molecule has 4 N–H and O–H groups in total. The number of carboxylic acids is 1. The van der Waals surface area contributed by atoms with E-state index in [1.807, 2.05) is 0 Å². The summed E-state index contributed by atoms with van der Waals surface area (Å²) in [5, 5.41) is 16.3. The van der Waals surface area contributed by atoms with Crippen molar-refractivity contribution in [2.24, 2.45) is 5.73 Å². The van der Waals surface area contributed by atoms with Crippen LogP contribution in [0.25, 0.3) is 0 Å². The fraction of sp³-hybridized carbons (Fsp3) is 0.182. The number of amides is 2. The first kappa shape index (κ1) is 20.6. The van der Waals surface area contributed by atoms with Crippen molar-refractivity contribution >= 4 is 29.3 Å². The molecule has 0 fully saturated rings. The van der Waals surface area contributed by atoms with Crippen molar-refractivity contribution in [3.8, 4) is 11.8 Å². The molecule has 1 aliphatic rings. The van der Waals surface area contributed by atoms with Gasteiger partial charge in [-0.15, -0.1) is 0 Å². The predicted octanol–water partition coefficient (Wildman–Crippen LogP) is 1.26. The van der Waals surface area contributed by atoms with Gasteiger partial charge in [-0.3, -0.25) is 19.8 Å². The van der Waals surface area contributed by atoms with Gasteiger partial charge in [0, 0.05) is 30.3 Å². The molecule has 0 radical (unpaired) electrons. The number of fused-ring (bicyclic) bond motifs is 1. The summed E-state index contributed by atoms with van der Waals surface area (Å²) in [5.41, 5.74) is 8.10. The van der Waals surface area contributed by atoms with Gasteiger partial charge >= 0.3 is 5.97 Å². The Hall–Kier alpha value is -4.12. The number of likely N-dealkylation sites (N-methyl/N-ethyl adjacent to an activating group) is 1. The Bertz CT molecular complexity index is 1100. The van der Waals surface area contributed by atoms with E-state index >= 15 is 0 Å². The molecule has 8 heteroatoms. The fourth-order valence-corrected chi connectivity index (χ4v) is 3.01. The molecule has 0 saturated carbocycles. The normalized spacial score (nSPS) is 13.2. The maximum atomic E-state index is 12.9. The second kappa shape index (κ2) is 8.49. The zero-order valence-electron chi connectivity index (χ0n) is 16.3. The molecule has 0 aliphatic carbocycles. The minimum absolute atomic E-state index is 0.0232. The third-order valence-electron chi connectivity index (χ3n) is 4.72. The lowest BCUT2D eigenvalue weighted by molar-refractivity contribution is -0.137. The van der Waals surface area contributed by atoms with Crippen LogP contribution in [0.4, 0.5) is 5.69 Å². The van der Waals surface area contributed by atoms with Crippen molar-refractivity contribution < 1.29 is 19.5 Å². The van der Waals surface area contributed by atoms with Gasteiger partial charge in [0.05, 0.1) is 17.7 Å². The van der Waals surface area contributed by atoms with E-state index in [0.717, 1.165) is 5.56 Å². The summed E-state index contributed by atoms with van der Waals surface area (Å²) >= 11 is 0. The molecule has 2 aromatic carbocycles. The van der Waals surface area contributed by atoms with Gasteiger partial charge in [0.1, 0.15) is 12.4 Å². The minimum atomic E-state index is -1.04. The number of carboxylic acid groups (broad SMARTS) is 1. The highest BCUT2D eigenvalue weighted by Gasteiger charge is 2.30. The van der Waals surface area contributed by atoms with Crippen LogP contribution in [-0.2, 0) is 9.59 Å². The Morgan fingerprint density at radius 3 is 2.40 bits per heavy atom. The van der Waals surface area contributed by atoms with E-state index in [1.54, 1.807) is 49.5 Å². The Balaban J connectivity index is 1.92. The van der Waals surface area contributed by atoms with Crippen LogP contribution in [0.1, 0.15) is 33.5 Å². The molecule has 1 aliphatic heterocycles. The Labute approximate surface area is 173 Å². The summed E-state index contributed by atoms with van der Waals surface area (Å²) in [6, 6.07) is 11.9. The topological polar surface area (TPSA) is 128 Å². The summed E-state index contributed by atoms with van der Waals surface area (Å²) in [6.45, 7) is -0.230. The van der Waals surface area contributed by atoms with Crippen LogP contribution >= 0.6 is 0 Å². The average Bonchev–Trinajstić information content (AvgIpc) is 2.81. The molecular weight excluding hydrogens is 384 g/mol. The van der Waals surface area contributed by atoms with Gasteiger partial charge in [-0.1, -0.05) is 24.0 Å². The molecule has 0 spiro atoms. The molecule has 0 bridgehead atoms. The largest absolute Gasteiger partial charge is 0.481 e. The maximum Gasteiger partial charge on any atom is 0.305 e. The van der Waals surface area contributed by atoms with Crippen LogP contribution in [0.5, 0.6) is 0 Å². The lowest BCUT2D eigenvalue weighted by Gasteiger charge is -2.18. The molecule has 0 aromatic heterocycles. The highest BCUT2D eigenvalue weighted by Crippen LogP contribution is 2.26. The number of anilines is 1. The number of carbonyl (C=O) groups excluding carboxylic acids is 2. The van der Waals surface area contributed by atoms with Gasteiger partial charge < -0.3 is 20.6 Å². The van der Waals surface area contributed by atoms with E-state index < -0.39 is 11.9 Å². The first-order chi connectivity index (χ1) is 14.3. The fourth-order valence-electron chi connectivity index (χ4n) is 3.01. The monoisotopic (exact) mass is 404 g/mol. The Morgan fingerprint density at radius 2 is 1.77 bits per heavy atom.